The first-order valence-corrected chi connectivity index (χ1v) is 22.4. The summed E-state index contributed by atoms with van der Waals surface area (Å²) in [4.78, 5) is 48.6. The van der Waals surface area contributed by atoms with Crippen LogP contribution < -0.4 is 26.6 Å². The highest BCUT2D eigenvalue weighted by molar-refractivity contribution is 5.82. The number of amides is 4. The molecule has 13 nitrogen and oxygen atoms in total. The highest BCUT2D eigenvalue weighted by atomic mass is 16.5. The van der Waals surface area contributed by atoms with Crippen LogP contribution in [0.4, 0.5) is 0 Å². The molecule has 0 aromatic carbocycles. The van der Waals surface area contributed by atoms with Crippen LogP contribution in [0.5, 0.6) is 0 Å². The quantitative estimate of drug-likeness (QED) is 0.0468. The number of ether oxygens (including phenoxy) is 4. The Morgan fingerprint density at radius 2 is 0.893 bits per heavy atom. The predicted octanol–water partition coefficient (Wildman–Crippen LogP) is 5.97. The van der Waals surface area contributed by atoms with Gasteiger partial charge in [0.15, 0.2) is 0 Å². The van der Waals surface area contributed by atoms with Crippen LogP contribution in [0, 0.1) is 5.92 Å². The van der Waals surface area contributed by atoms with Gasteiger partial charge < -0.3 is 45.5 Å². The standard InChI is InChI=1S/C43H85N5O8/c1-6-8-9-10-11-12-13-14-15-16-17-18-19-23-40(49)46-27-31-55-35-34-54-30-25-42(51)47-28-32-56-36-33-53-29-24-41(50)45-26-21-20-22-39(44-7-2)43(52)48-38(5)37(3)4/h37-39,44H,6-36H2,1-5H3,(H,45,50)(H,46,49)(H,47,51)(H,48,52). The molecule has 0 heterocycles. The third kappa shape index (κ3) is 37.3. The van der Waals surface area contributed by atoms with E-state index in [1.807, 2.05) is 13.8 Å². The van der Waals surface area contributed by atoms with Crippen molar-refractivity contribution >= 4 is 23.6 Å². The van der Waals surface area contributed by atoms with Gasteiger partial charge >= 0.3 is 0 Å². The summed E-state index contributed by atoms with van der Waals surface area (Å²) in [7, 11) is 0. The molecule has 0 aromatic heterocycles. The summed E-state index contributed by atoms with van der Waals surface area (Å²) in [6, 6.07) is -0.0932. The lowest BCUT2D eigenvalue weighted by atomic mass is 10.0. The SMILES string of the molecule is CCCCCCCCCCCCCCCC(=O)NCCOCCOCCC(=O)NCCOCCOCCC(=O)NCCCCC(NCC)C(=O)NC(C)C(C)C. The monoisotopic (exact) mass is 800 g/mol. The maximum atomic E-state index is 12.5. The van der Waals surface area contributed by atoms with E-state index in [1.54, 1.807) is 0 Å². The average Bonchev–Trinajstić information content (AvgIpc) is 3.17. The van der Waals surface area contributed by atoms with Crippen LogP contribution >= 0.6 is 0 Å². The third-order valence-electron chi connectivity index (χ3n) is 9.71. The molecular formula is C43H85N5O8. The molecular weight excluding hydrogens is 714 g/mol. The zero-order valence-electron chi connectivity index (χ0n) is 36.4. The van der Waals surface area contributed by atoms with Crippen molar-refractivity contribution in [2.75, 3.05) is 79.0 Å². The van der Waals surface area contributed by atoms with Crippen molar-refractivity contribution in [2.24, 2.45) is 5.92 Å². The Labute approximate surface area is 341 Å². The second kappa shape index (κ2) is 40.9. The van der Waals surface area contributed by atoms with Gasteiger partial charge in [0.2, 0.25) is 23.6 Å². The van der Waals surface area contributed by atoms with Gasteiger partial charge in [-0.1, -0.05) is 105 Å². The summed E-state index contributed by atoms with van der Waals surface area (Å²) >= 11 is 0. The number of carbonyl (C=O) groups is 4. The van der Waals surface area contributed by atoms with Gasteiger partial charge in [0.05, 0.1) is 58.9 Å². The Balaban J connectivity index is 3.47. The first kappa shape index (κ1) is 53.7. The van der Waals surface area contributed by atoms with Crippen molar-refractivity contribution in [1.29, 1.82) is 0 Å². The van der Waals surface area contributed by atoms with E-state index in [4.69, 9.17) is 18.9 Å². The van der Waals surface area contributed by atoms with E-state index >= 15 is 0 Å². The fourth-order valence-electron chi connectivity index (χ4n) is 5.83. The zero-order valence-corrected chi connectivity index (χ0v) is 36.4. The summed E-state index contributed by atoms with van der Waals surface area (Å²) in [5.41, 5.74) is 0. The van der Waals surface area contributed by atoms with Crippen LogP contribution in [0.3, 0.4) is 0 Å². The minimum absolute atomic E-state index is 0.0346. The minimum Gasteiger partial charge on any atom is -0.379 e. The van der Waals surface area contributed by atoms with Crippen LogP contribution in [0.15, 0.2) is 0 Å². The Morgan fingerprint density at radius 3 is 1.36 bits per heavy atom. The summed E-state index contributed by atoms with van der Waals surface area (Å²) < 4.78 is 21.9. The minimum atomic E-state index is -0.220. The molecule has 4 amide bonds. The second-order valence-electron chi connectivity index (χ2n) is 15.1. The lowest BCUT2D eigenvalue weighted by molar-refractivity contribution is -0.124. The molecule has 0 aliphatic rings. The molecule has 0 spiro atoms. The predicted molar refractivity (Wildman–Crippen MR) is 226 cm³/mol. The van der Waals surface area contributed by atoms with Crippen molar-refractivity contribution in [3.05, 3.63) is 0 Å². The topological polar surface area (TPSA) is 165 Å². The number of unbranched alkanes of at least 4 members (excludes halogenated alkanes) is 13. The van der Waals surface area contributed by atoms with Crippen LogP contribution in [0.2, 0.25) is 0 Å². The molecule has 0 aliphatic carbocycles. The molecule has 0 aliphatic heterocycles. The third-order valence-corrected chi connectivity index (χ3v) is 9.71. The van der Waals surface area contributed by atoms with Crippen molar-refractivity contribution in [1.82, 2.24) is 26.6 Å². The Morgan fingerprint density at radius 1 is 0.464 bits per heavy atom. The molecule has 5 N–H and O–H groups in total. The number of rotatable bonds is 42. The Hall–Kier alpha value is -2.32. The molecule has 0 radical (unpaired) electrons. The normalized spacial score (nSPS) is 12.4. The van der Waals surface area contributed by atoms with E-state index in [2.05, 4.69) is 47.4 Å². The molecule has 2 unspecified atom stereocenters. The zero-order chi connectivity index (χ0) is 41.3. The number of likely N-dealkylation sites (N-methyl/N-ethyl adjacent to an activating group) is 1. The summed E-state index contributed by atoms with van der Waals surface area (Å²) in [6.07, 6.45) is 20.3. The van der Waals surface area contributed by atoms with Crippen molar-refractivity contribution < 1.29 is 38.1 Å². The van der Waals surface area contributed by atoms with Gasteiger partial charge in [0.1, 0.15) is 0 Å². The molecule has 2 atom stereocenters. The fourth-order valence-corrected chi connectivity index (χ4v) is 5.83. The fraction of sp³-hybridized carbons (Fsp3) is 0.907. The Bertz CT molecular complexity index is 942. The van der Waals surface area contributed by atoms with Gasteiger partial charge in [0, 0.05) is 44.9 Å². The molecule has 13 heteroatoms. The van der Waals surface area contributed by atoms with Crippen LogP contribution in [-0.2, 0) is 38.1 Å². The summed E-state index contributed by atoms with van der Waals surface area (Å²) in [5.74, 6) is 0.330. The lowest BCUT2D eigenvalue weighted by Gasteiger charge is -2.23. The second-order valence-corrected chi connectivity index (χ2v) is 15.1. The number of hydrogen-bond acceptors (Lipinski definition) is 9. The molecule has 0 saturated carbocycles. The van der Waals surface area contributed by atoms with Gasteiger partial charge in [-0.2, -0.15) is 0 Å². The van der Waals surface area contributed by atoms with Gasteiger partial charge in [-0.25, -0.2) is 0 Å². The first-order chi connectivity index (χ1) is 27.2. The van der Waals surface area contributed by atoms with Crippen LogP contribution in [0.1, 0.15) is 157 Å². The summed E-state index contributed by atoms with van der Waals surface area (Å²) in [6.45, 7) is 15.6. The van der Waals surface area contributed by atoms with Crippen molar-refractivity contribution in [3.63, 3.8) is 0 Å². The van der Waals surface area contributed by atoms with Crippen molar-refractivity contribution in [3.8, 4) is 0 Å². The molecule has 0 fully saturated rings. The molecule has 0 bridgehead atoms. The molecule has 0 saturated heterocycles. The maximum Gasteiger partial charge on any atom is 0.237 e. The smallest absolute Gasteiger partial charge is 0.237 e. The highest BCUT2D eigenvalue weighted by Gasteiger charge is 2.19. The van der Waals surface area contributed by atoms with E-state index < -0.39 is 0 Å². The number of carbonyl (C=O) groups excluding carboxylic acids is 4. The van der Waals surface area contributed by atoms with E-state index in [9.17, 15) is 19.2 Å². The maximum absolute atomic E-state index is 12.5. The number of nitrogens with one attached hydrogen (secondary N) is 5. The highest BCUT2D eigenvalue weighted by Crippen LogP contribution is 2.13. The van der Waals surface area contributed by atoms with Crippen molar-refractivity contribution in [2.45, 2.75) is 169 Å². The molecule has 0 rings (SSSR count). The van der Waals surface area contributed by atoms with E-state index in [1.165, 1.54) is 70.6 Å². The molecule has 0 aromatic rings. The number of hydrogen-bond donors (Lipinski definition) is 5. The summed E-state index contributed by atoms with van der Waals surface area (Å²) in [5, 5.41) is 14.9. The molecule has 56 heavy (non-hydrogen) atoms. The average molecular weight is 800 g/mol. The lowest BCUT2D eigenvalue weighted by Crippen LogP contribution is -2.48. The van der Waals surface area contributed by atoms with E-state index in [-0.39, 0.29) is 48.6 Å². The van der Waals surface area contributed by atoms with Gasteiger partial charge in [-0.3, -0.25) is 19.2 Å². The van der Waals surface area contributed by atoms with E-state index in [0.29, 0.717) is 84.8 Å². The largest absolute Gasteiger partial charge is 0.379 e. The van der Waals surface area contributed by atoms with Gasteiger partial charge in [0.25, 0.3) is 0 Å². The van der Waals surface area contributed by atoms with Gasteiger partial charge in [-0.05, 0) is 45.1 Å². The Kier molecular flexibility index (Phi) is 39.2. The van der Waals surface area contributed by atoms with E-state index in [0.717, 1.165) is 38.6 Å². The van der Waals surface area contributed by atoms with Crippen LogP contribution in [0.25, 0.3) is 0 Å². The van der Waals surface area contributed by atoms with Gasteiger partial charge in [-0.15, -0.1) is 0 Å². The molecule has 330 valence electrons. The first-order valence-electron chi connectivity index (χ1n) is 22.4. The van der Waals surface area contributed by atoms with Crippen LogP contribution in [-0.4, -0.2) is 115 Å².